The Hall–Kier alpha value is -4.20. The summed E-state index contributed by atoms with van der Waals surface area (Å²) in [6.07, 6.45) is 0.946. The molecule has 2 aromatic rings. The van der Waals surface area contributed by atoms with Gasteiger partial charge in [0.2, 0.25) is 0 Å². The van der Waals surface area contributed by atoms with Gasteiger partial charge in [-0.25, -0.2) is 9.59 Å². The Labute approximate surface area is 170 Å². The maximum Gasteiger partial charge on any atom is 0.333 e. The zero-order valence-corrected chi connectivity index (χ0v) is 15.4. The second-order valence-electron chi connectivity index (χ2n) is 6.61. The van der Waals surface area contributed by atoms with Crippen molar-refractivity contribution in [2.24, 2.45) is 5.92 Å². The molecule has 4 N–H and O–H groups in total. The van der Waals surface area contributed by atoms with Crippen LogP contribution in [0.4, 0.5) is 0 Å². The molecule has 0 heterocycles. The van der Waals surface area contributed by atoms with Crippen molar-refractivity contribution < 1.29 is 39.6 Å². The van der Waals surface area contributed by atoms with Crippen LogP contribution in [0, 0.1) is 5.92 Å². The van der Waals surface area contributed by atoms with Gasteiger partial charge in [-0.2, -0.15) is 0 Å². The topological polar surface area (TPSA) is 149 Å². The normalized spacial score (nSPS) is 20.9. The van der Waals surface area contributed by atoms with Crippen LogP contribution in [0.2, 0.25) is 0 Å². The third-order valence-corrected chi connectivity index (χ3v) is 5.08. The molecule has 0 aliphatic heterocycles. The third-order valence-electron chi connectivity index (χ3n) is 5.08. The fourth-order valence-corrected chi connectivity index (χ4v) is 3.88. The summed E-state index contributed by atoms with van der Waals surface area (Å²) in [5.41, 5.74) is -4.15. The van der Waals surface area contributed by atoms with Gasteiger partial charge in [-0.15, -0.1) is 0 Å². The number of carboxylic acid groups (broad SMARTS) is 4. The number of hydrogen-bond donors (Lipinski definition) is 4. The minimum absolute atomic E-state index is 0.149. The number of aliphatic carboxylic acids is 4. The van der Waals surface area contributed by atoms with Crippen molar-refractivity contribution in [3.05, 3.63) is 89.0 Å². The second kappa shape index (κ2) is 7.67. The minimum atomic E-state index is -2.65. The van der Waals surface area contributed by atoms with Crippen molar-refractivity contribution in [1.29, 1.82) is 0 Å². The molecule has 0 amide bonds. The molecule has 0 aromatic heterocycles. The summed E-state index contributed by atoms with van der Waals surface area (Å²) in [5.74, 6) is -9.05. The molecule has 8 heteroatoms. The smallest absolute Gasteiger partial charge is 0.333 e. The Balaban J connectivity index is 2.52. The summed E-state index contributed by atoms with van der Waals surface area (Å²) in [4.78, 5) is 49.2. The first-order valence-corrected chi connectivity index (χ1v) is 8.73. The SMILES string of the molecule is O=C(O)C1=CC(c2ccccc2)=C(C(=O)O)C(C(=O)O)C1(C(=O)O)c1ccccc1. The zero-order valence-electron chi connectivity index (χ0n) is 15.4. The summed E-state index contributed by atoms with van der Waals surface area (Å²) >= 11 is 0. The molecule has 0 saturated heterocycles. The highest BCUT2D eigenvalue weighted by Crippen LogP contribution is 2.49. The van der Waals surface area contributed by atoms with E-state index in [1.807, 2.05) is 0 Å². The molecule has 0 radical (unpaired) electrons. The largest absolute Gasteiger partial charge is 0.481 e. The lowest BCUT2D eigenvalue weighted by atomic mass is 9.59. The number of carboxylic acids is 4. The van der Waals surface area contributed by atoms with E-state index in [4.69, 9.17) is 0 Å². The Morgan fingerprint density at radius 3 is 1.70 bits per heavy atom. The molecule has 152 valence electrons. The maximum absolute atomic E-state index is 12.5. The average molecular weight is 408 g/mol. The van der Waals surface area contributed by atoms with Crippen molar-refractivity contribution in [1.82, 2.24) is 0 Å². The Kier molecular flexibility index (Phi) is 5.25. The Bertz CT molecular complexity index is 1100. The lowest BCUT2D eigenvalue weighted by Crippen LogP contribution is -2.53. The number of rotatable bonds is 6. The van der Waals surface area contributed by atoms with Gasteiger partial charge in [0.05, 0.1) is 11.1 Å². The fraction of sp³-hybridized carbons (Fsp3) is 0.0909. The number of allylic oxidation sites excluding steroid dienone is 2. The fourth-order valence-electron chi connectivity index (χ4n) is 3.88. The summed E-state index contributed by atoms with van der Waals surface area (Å²) in [6.45, 7) is 0. The maximum atomic E-state index is 12.5. The third kappa shape index (κ3) is 3.04. The number of benzene rings is 2. The molecular formula is C22H16O8. The van der Waals surface area contributed by atoms with E-state index in [1.54, 1.807) is 24.3 Å². The monoisotopic (exact) mass is 408 g/mol. The van der Waals surface area contributed by atoms with Crippen molar-refractivity contribution >= 4 is 29.5 Å². The van der Waals surface area contributed by atoms with Crippen molar-refractivity contribution in [2.45, 2.75) is 5.41 Å². The molecule has 1 aliphatic carbocycles. The summed E-state index contributed by atoms with van der Waals surface area (Å²) in [6, 6.07) is 14.7. The first-order valence-electron chi connectivity index (χ1n) is 8.73. The molecule has 30 heavy (non-hydrogen) atoms. The highest BCUT2D eigenvalue weighted by molar-refractivity contribution is 6.14. The standard InChI is InChI=1S/C22H16O8/c23-18(24)15-11-14(12-7-3-1-4-8-12)16(19(25)26)17(20(27)28)22(15,21(29)30)13-9-5-2-6-10-13/h1-11,17H,(H,23,24)(H,25,26)(H,27,28)(H,29,30). The van der Waals surface area contributed by atoms with Gasteiger partial charge in [-0.1, -0.05) is 60.7 Å². The Morgan fingerprint density at radius 2 is 1.27 bits per heavy atom. The van der Waals surface area contributed by atoms with E-state index in [-0.39, 0.29) is 16.7 Å². The van der Waals surface area contributed by atoms with Crippen LogP contribution in [0.3, 0.4) is 0 Å². The van der Waals surface area contributed by atoms with Crippen LogP contribution in [0.5, 0.6) is 0 Å². The van der Waals surface area contributed by atoms with E-state index < -0.39 is 46.4 Å². The molecule has 2 unspecified atom stereocenters. The van der Waals surface area contributed by atoms with Gasteiger partial charge in [0.1, 0.15) is 11.3 Å². The van der Waals surface area contributed by atoms with Crippen molar-refractivity contribution in [2.75, 3.05) is 0 Å². The van der Waals surface area contributed by atoms with Gasteiger partial charge < -0.3 is 20.4 Å². The molecular weight excluding hydrogens is 392 g/mol. The van der Waals surface area contributed by atoms with Crippen molar-refractivity contribution in [3.8, 4) is 0 Å². The molecule has 2 aromatic carbocycles. The van der Waals surface area contributed by atoms with Crippen LogP contribution in [0.25, 0.3) is 5.57 Å². The van der Waals surface area contributed by atoms with Crippen LogP contribution < -0.4 is 0 Å². The van der Waals surface area contributed by atoms with E-state index in [0.717, 1.165) is 6.08 Å². The second-order valence-corrected chi connectivity index (χ2v) is 6.61. The predicted octanol–water partition coefficient (Wildman–Crippen LogP) is 2.27. The van der Waals surface area contributed by atoms with E-state index in [9.17, 15) is 39.6 Å². The molecule has 1 aliphatic rings. The first-order chi connectivity index (χ1) is 14.2. The van der Waals surface area contributed by atoms with Gasteiger partial charge in [-0.3, -0.25) is 9.59 Å². The van der Waals surface area contributed by atoms with Gasteiger partial charge in [0.25, 0.3) is 0 Å². The van der Waals surface area contributed by atoms with Crippen LogP contribution in [-0.2, 0) is 24.6 Å². The van der Waals surface area contributed by atoms with Crippen LogP contribution in [0.15, 0.2) is 77.9 Å². The molecule has 8 nitrogen and oxygen atoms in total. The summed E-state index contributed by atoms with van der Waals surface area (Å²) in [7, 11) is 0. The van der Waals surface area contributed by atoms with Gasteiger partial charge in [-0.05, 0) is 22.8 Å². The van der Waals surface area contributed by atoms with E-state index >= 15 is 0 Å². The molecule has 0 fully saturated rings. The number of hydrogen-bond acceptors (Lipinski definition) is 4. The average Bonchev–Trinajstić information content (AvgIpc) is 2.72. The molecule has 0 saturated carbocycles. The lowest BCUT2D eigenvalue weighted by molar-refractivity contribution is -0.156. The van der Waals surface area contributed by atoms with Gasteiger partial charge in [0, 0.05) is 0 Å². The van der Waals surface area contributed by atoms with Crippen LogP contribution in [-0.4, -0.2) is 44.3 Å². The van der Waals surface area contributed by atoms with E-state index in [1.165, 1.54) is 36.4 Å². The highest BCUT2D eigenvalue weighted by Gasteiger charge is 2.60. The molecule has 3 rings (SSSR count). The lowest BCUT2D eigenvalue weighted by Gasteiger charge is -2.39. The van der Waals surface area contributed by atoms with Crippen LogP contribution in [0.1, 0.15) is 11.1 Å². The number of carbonyl (C=O) groups is 4. The summed E-state index contributed by atoms with van der Waals surface area (Å²) < 4.78 is 0. The van der Waals surface area contributed by atoms with E-state index in [2.05, 4.69) is 0 Å². The first kappa shape index (κ1) is 20.5. The van der Waals surface area contributed by atoms with Crippen LogP contribution >= 0.6 is 0 Å². The van der Waals surface area contributed by atoms with Gasteiger partial charge in [0.15, 0.2) is 0 Å². The molecule has 0 spiro atoms. The van der Waals surface area contributed by atoms with Gasteiger partial charge >= 0.3 is 23.9 Å². The molecule has 0 bridgehead atoms. The highest BCUT2D eigenvalue weighted by atomic mass is 16.4. The Morgan fingerprint density at radius 1 is 0.733 bits per heavy atom. The quantitative estimate of drug-likeness (QED) is 0.569. The van der Waals surface area contributed by atoms with E-state index in [0.29, 0.717) is 0 Å². The van der Waals surface area contributed by atoms with Crippen molar-refractivity contribution in [3.63, 3.8) is 0 Å². The summed E-state index contributed by atoms with van der Waals surface area (Å²) in [5, 5.41) is 39.9. The molecule has 2 atom stereocenters. The zero-order chi connectivity index (χ0) is 22.1. The minimum Gasteiger partial charge on any atom is -0.481 e. The predicted molar refractivity (Wildman–Crippen MR) is 104 cm³/mol.